The van der Waals surface area contributed by atoms with E-state index in [0.29, 0.717) is 0 Å². The molecule has 0 radical (unpaired) electrons. The van der Waals surface area contributed by atoms with E-state index in [9.17, 15) is 0 Å². The van der Waals surface area contributed by atoms with Crippen molar-refractivity contribution in [3.8, 4) is 0 Å². The molecule has 0 fully saturated rings. The summed E-state index contributed by atoms with van der Waals surface area (Å²) in [7, 11) is 16.3. The minimum atomic E-state index is -5.24. The summed E-state index contributed by atoms with van der Waals surface area (Å²) in [5.41, 5.74) is 9.17. The predicted octanol–water partition coefficient (Wildman–Crippen LogP) is 7.94. The molecule has 0 N–H and O–H groups in total. The predicted molar refractivity (Wildman–Crippen MR) is 118 cm³/mol. The van der Waals surface area contributed by atoms with E-state index >= 15 is 0 Å². The van der Waals surface area contributed by atoms with Crippen LogP contribution >= 0.6 is 17.0 Å². The van der Waals surface area contributed by atoms with Crippen LogP contribution < -0.4 is 0 Å². The second-order valence-electron chi connectivity index (χ2n) is 11.6. The molecule has 4 heteroatoms. The zero-order valence-corrected chi connectivity index (χ0v) is 22.3. The van der Waals surface area contributed by atoms with Gasteiger partial charge in [0.25, 0.3) is 0 Å². The Morgan fingerprint density at radius 1 is 0.769 bits per heavy atom. The molecule has 2 unspecified atom stereocenters. The monoisotopic (exact) mass is 486 g/mol. The summed E-state index contributed by atoms with van der Waals surface area (Å²) in [4.78, 5) is 0. The van der Waals surface area contributed by atoms with Crippen molar-refractivity contribution in [3.05, 3.63) is 45.6 Å². The van der Waals surface area contributed by atoms with Gasteiger partial charge in [-0.1, -0.05) is 0 Å². The second kappa shape index (κ2) is 5.03. The third kappa shape index (κ3) is 2.76. The third-order valence-corrected chi connectivity index (χ3v) is 33.3. The first kappa shape index (κ1) is 19.9. The Morgan fingerprint density at radius 2 is 1.12 bits per heavy atom. The van der Waals surface area contributed by atoms with Gasteiger partial charge in [-0.2, -0.15) is 0 Å². The maximum absolute atomic E-state index is 8.16. The molecule has 2 atom stereocenters. The van der Waals surface area contributed by atoms with Gasteiger partial charge in [0.2, 0.25) is 0 Å². The van der Waals surface area contributed by atoms with E-state index in [2.05, 4.69) is 42.1 Å². The molecule has 4 aliphatic carbocycles. The van der Waals surface area contributed by atoms with E-state index < -0.39 is 12.0 Å². The van der Waals surface area contributed by atoms with Crippen molar-refractivity contribution in [1.82, 2.24) is 0 Å². The molecule has 4 aliphatic rings. The van der Waals surface area contributed by atoms with E-state index in [-0.39, 0.29) is 7.25 Å². The molecule has 0 amide bonds. The molecule has 0 aromatic rings. The SMILES string of the molecule is CC1=CC2=C(CCCC2)[CH]1[Zr]([CH3])([CH3])(=[SiH2])([Cl])([Cl])[CH]1C(C)=CC2=C1CCCC2. The molecule has 0 bridgehead atoms. The second-order valence-corrected chi connectivity index (χ2v) is 79.8. The summed E-state index contributed by atoms with van der Waals surface area (Å²) in [6.45, 7) is 6.65. The molecule has 0 nitrogen and oxygen atoms in total. The topological polar surface area (TPSA) is 0 Å². The minimum absolute atomic E-state index is 0.255. The first-order chi connectivity index (χ1) is 11.7. The quantitative estimate of drug-likeness (QED) is 0.346. The van der Waals surface area contributed by atoms with Crippen LogP contribution in [0.1, 0.15) is 65.2 Å². The summed E-state index contributed by atoms with van der Waals surface area (Å²) >= 11 is -5.24. The molecule has 144 valence electrons. The van der Waals surface area contributed by atoms with Crippen LogP contribution in [0, 0.1) is 0 Å². The van der Waals surface area contributed by atoms with Crippen molar-refractivity contribution in [2.45, 2.75) is 81.7 Å². The van der Waals surface area contributed by atoms with Gasteiger partial charge in [0.15, 0.2) is 0 Å². The van der Waals surface area contributed by atoms with Crippen LogP contribution in [0.25, 0.3) is 0 Å². The summed E-state index contributed by atoms with van der Waals surface area (Å²) in [6.07, 6.45) is 14.9. The van der Waals surface area contributed by atoms with Crippen LogP contribution in [0.3, 0.4) is 0 Å². The van der Waals surface area contributed by atoms with Crippen LogP contribution in [0.15, 0.2) is 45.6 Å². The molecule has 26 heavy (non-hydrogen) atoms. The van der Waals surface area contributed by atoms with Crippen molar-refractivity contribution in [2.75, 3.05) is 0 Å². The van der Waals surface area contributed by atoms with Crippen LogP contribution in [0.2, 0.25) is 16.5 Å². The Morgan fingerprint density at radius 3 is 1.50 bits per heavy atom. The molecular weight excluding hydrogens is 454 g/mol. The first-order valence-corrected chi connectivity index (χ1v) is 30.5. The van der Waals surface area contributed by atoms with Crippen molar-refractivity contribution >= 4 is 23.9 Å². The number of hydrogen-bond donors (Lipinski definition) is 0. The zero-order chi connectivity index (χ0) is 19.1. The summed E-state index contributed by atoms with van der Waals surface area (Å²) < 4.78 is 5.23. The Labute approximate surface area is 162 Å². The average molecular weight is 489 g/mol. The Kier molecular flexibility index (Phi) is 3.86. The molecule has 0 heterocycles. The van der Waals surface area contributed by atoms with E-state index in [0.717, 1.165) is 0 Å². The number of hydrogen-bond acceptors (Lipinski definition) is 0. The van der Waals surface area contributed by atoms with Gasteiger partial charge in [0.1, 0.15) is 0 Å². The van der Waals surface area contributed by atoms with Crippen molar-refractivity contribution < 1.29 is 12.0 Å². The van der Waals surface area contributed by atoms with Gasteiger partial charge in [-0.3, -0.25) is 0 Å². The van der Waals surface area contributed by atoms with Crippen LogP contribution in [-0.4, -0.2) is 6.88 Å². The molecular formula is C22H34Cl2SiZr. The van der Waals surface area contributed by atoms with Gasteiger partial charge in [-0.05, 0) is 0 Å². The maximum atomic E-state index is 8.16. The van der Waals surface area contributed by atoms with Gasteiger partial charge in [-0.25, -0.2) is 0 Å². The fourth-order valence-electron chi connectivity index (χ4n) is 7.57. The average Bonchev–Trinajstić information content (AvgIpc) is 3.02. The summed E-state index contributed by atoms with van der Waals surface area (Å²) in [6, 6.07) is 0. The zero-order valence-electron chi connectivity index (χ0n) is 16.9. The number of rotatable bonds is 2. The van der Waals surface area contributed by atoms with Crippen LogP contribution in [-0.2, 0) is 12.0 Å². The Bertz CT molecular complexity index is 882. The first-order valence-electron chi connectivity index (χ1n) is 10.5. The van der Waals surface area contributed by atoms with Gasteiger partial charge in [0, 0.05) is 0 Å². The molecule has 0 saturated carbocycles. The molecule has 4 rings (SSSR count). The third-order valence-electron chi connectivity index (χ3n) is 7.85. The molecule has 0 aliphatic heterocycles. The molecule has 0 spiro atoms. The van der Waals surface area contributed by atoms with E-state index in [1.165, 1.54) is 62.5 Å². The van der Waals surface area contributed by atoms with Crippen LogP contribution in [0.4, 0.5) is 0 Å². The number of allylic oxidation sites excluding steroid dienone is 8. The van der Waals surface area contributed by atoms with Crippen molar-refractivity contribution in [1.29, 1.82) is 0 Å². The van der Waals surface area contributed by atoms with Crippen molar-refractivity contribution in [3.63, 3.8) is 0 Å². The van der Waals surface area contributed by atoms with Gasteiger partial charge >= 0.3 is 163 Å². The van der Waals surface area contributed by atoms with E-state index in [4.69, 9.17) is 17.0 Å². The molecule has 0 saturated heterocycles. The fraction of sp³-hybridized carbons (Fsp3) is 0.636. The molecule has 0 aromatic carbocycles. The molecule has 0 aromatic heterocycles. The van der Waals surface area contributed by atoms with Gasteiger partial charge in [-0.15, -0.1) is 0 Å². The van der Waals surface area contributed by atoms with Gasteiger partial charge in [0.05, 0.1) is 0 Å². The van der Waals surface area contributed by atoms with Gasteiger partial charge < -0.3 is 0 Å². The Balaban J connectivity index is 1.99. The fourth-order valence-corrected chi connectivity index (χ4v) is 40.3. The van der Waals surface area contributed by atoms with E-state index in [1.54, 1.807) is 22.3 Å². The van der Waals surface area contributed by atoms with Crippen LogP contribution in [0.5, 0.6) is 0 Å². The number of halogens is 2. The standard InChI is InChI=1S/2C10H13.2CH3.2ClH.H2Si.Zr/c2*1-8-6-9-4-2-3-5-10(9)7-8;;;;;;/h2*6-7H,2-5H2,1H3;2*1H3;2*1H;1H2;/q;;;;;;;+2/p-2. The Hall–Kier alpha value is 0.640. The van der Waals surface area contributed by atoms with Crippen molar-refractivity contribution in [2.24, 2.45) is 0 Å². The summed E-state index contributed by atoms with van der Waals surface area (Å²) in [5.74, 6) is 0. The summed E-state index contributed by atoms with van der Waals surface area (Å²) in [5, 5.41) is 0. The normalized spacial score (nSPS) is 33.5. The van der Waals surface area contributed by atoms with E-state index in [1.807, 2.05) is 0 Å².